The van der Waals surface area contributed by atoms with Gasteiger partial charge in [-0.05, 0) is 30.9 Å². The lowest BCUT2D eigenvalue weighted by Crippen LogP contribution is -2.22. The quantitative estimate of drug-likeness (QED) is 0.831. The number of anilines is 1. The number of hydrogen-bond donors (Lipinski definition) is 2. The zero-order chi connectivity index (χ0) is 16.9. The Balaban J connectivity index is 1.65. The van der Waals surface area contributed by atoms with E-state index in [1.165, 1.54) is 38.7 Å². The van der Waals surface area contributed by atoms with E-state index in [1.54, 1.807) is 17.4 Å². The standard InChI is InChI=1S/C18H22FN3OS/c1-12(23)20-9-8-13-6-7-14(10-16(13)19)17-11-24-18(22-17)21-15-4-2-3-5-15/h6-7,10-11,15H,2-5,8-9H2,1H3,(H,20,23)(H,21,22). The summed E-state index contributed by atoms with van der Waals surface area (Å²) in [5.74, 6) is -0.354. The molecule has 2 N–H and O–H groups in total. The van der Waals surface area contributed by atoms with E-state index in [2.05, 4.69) is 15.6 Å². The molecule has 1 saturated carbocycles. The molecule has 1 amide bonds. The van der Waals surface area contributed by atoms with Gasteiger partial charge in [-0.2, -0.15) is 0 Å². The summed E-state index contributed by atoms with van der Waals surface area (Å²) in [5, 5.41) is 9.02. The summed E-state index contributed by atoms with van der Waals surface area (Å²) in [7, 11) is 0. The molecule has 128 valence electrons. The summed E-state index contributed by atoms with van der Waals surface area (Å²) in [6, 6.07) is 5.71. The zero-order valence-corrected chi connectivity index (χ0v) is 14.6. The van der Waals surface area contributed by atoms with E-state index in [9.17, 15) is 9.18 Å². The lowest BCUT2D eigenvalue weighted by molar-refractivity contribution is -0.118. The van der Waals surface area contributed by atoms with Gasteiger partial charge in [0, 0.05) is 30.5 Å². The number of aromatic nitrogens is 1. The van der Waals surface area contributed by atoms with Crippen molar-refractivity contribution in [3.8, 4) is 11.3 Å². The van der Waals surface area contributed by atoms with E-state index in [0.717, 1.165) is 16.4 Å². The topological polar surface area (TPSA) is 54.0 Å². The third-order valence-electron chi connectivity index (χ3n) is 4.30. The van der Waals surface area contributed by atoms with Gasteiger partial charge in [-0.25, -0.2) is 9.37 Å². The summed E-state index contributed by atoms with van der Waals surface area (Å²) < 4.78 is 14.2. The molecule has 0 spiro atoms. The van der Waals surface area contributed by atoms with Crippen LogP contribution in [0.4, 0.5) is 9.52 Å². The molecule has 2 aromatic rings. The van der Waals surface area contributed by atoms with E-state index in [-0.39, 0.29) is 11.7 Å². The molecule has 0 atom stereocenters. The molecule has 4 nitrogen and oxygen atoms in total. The van der Waals surface area contributed by atoms with Crippen LogP contribution >= 0.6 is 11.3 Å². The summed E-state index contributed by atoms with van der Waals surface area (Å²) >= 11 is 1.57. The van der Waals surface area contributed by atoms with Gasteiger partial charge in [-0.1, -0.05) is 25.0 Å². The van der Waals surface area contributed by atoms with E-state index in [4.69, 9.17) is 0 Å². The van der Waals surface area contributed by atoms with Crippen molar-refractivity contribution in [2.45, 2.75) is 45.1 Å². The van der Waals surface area contributed by atoms with Gasteiger partial charge in [0.2, 0.25) is 5.91 Å². The van der Waals surface area contributed by atoms with Crippen molar-refractivity contribution in [1.29, 1.82) is 0 Å². The number of amides is 1. The minimum Gasteiger partial charge on any atom is -0.359 e. The summed E-state index contributed by atoms with van der Waals surface area (Å²) in [4.78, 5) is 15.5. The van der Waals surface area contributed by atoms with Gasteiger partial charge in [-0.15, -0.1) is 11.3 Å². The van der Waals surface area contributed by atoms with E-state index >= 15 is 0 Å². The van der Waals surface area contributed by atoms with Crippen LogP contribution in [0.25, 0.3) is 11.3 Å². The van der Waals surface area contributed by atoms with Crippen molar-refractivity contribution < 1.29 is 9.18 Å². The van der Waals surface area contributed by atoms with Crippen LogP contribution in [-0.2, 0) is 11.2 Å². The number of carbonyl (C=O) groups excluding carboxylic acids is 1. The molecule has 0 radical (unpaired) electrons. The van der Waals surface area contributed by atoms with Crippen LogP contribution in [0.1, 0.15) is 38.2 Å². The van der Waals surface area contributed by atoms with Gasteiger partial charge in [0.1, 0.15) is 5.82 Å². The Bertz CT molecular complexity index is 710. The Labute approximate surface area is 145 Å². The molecule has 0 unspecified atom stereocenters. The third-order valence-corrected chi connectivity index (χ3v) is 5.08. The highest BCUT2D eigenvalue weighted by atomic mass is 32.1. The largest absolute Gasteiger partial charge is 0.359 e. The molecule has 0 bridgehead atoms. The number of carbonyl (C=O) groups is 1. The molecule has 24 heavy (non-hydrogen) atoms. The van der Waals surface area contributed by atoms with Crippen molar-refractivity contribution in [3.63, 3.8) is 0 Å². The highest BCUT2D eigenvalue weighted by Crippen LogP contribution is 2.29. The van der Waals surface area contributed by atoms with Crippen molar-refractivity contribution in [1.82, 2.24) is 10.3 Å². The maximum Gasteiger partial charge on any atom is 0.216 e. The van der Waals surface area contributed by atoms with Crippen molar-refractivity contribution in [3.05, 3.63) is 35.0 Å². The van der Waals surface area contributed by atoms with Crippen molar-refractivity contribution >= 4 is 22.4 Å². The fraction of sp³-hybridized carbons (Fsp3) is 0.444. The first-order valence-electron chi connectivity index (χ1n) is 8.37. The van der Waals surface area contributed by atoms with Crippen LogP contribution in [0.5, 0.6) is 0 Å². The van der Waals surface area contributed by atoms with Gasteiger partial charge in [0.05, 0.1) is 5.69 Å². The minimum atomic E-state index is -0.254. The molecule has 1 aliphatic carbocycles. The number of hydrogen-bond acceptors (Lipinski definition) is 4. The summed E-state index contributed by atoms with van der Waals surface area (Å²) in [5.41, 5.74) is 2.19. The monoisotopic (exact) mass is 347 g/mol. The van der Waals surface area contributed by atoms with Crippen LogP contribution < -0.4 is 10.6 Å². The number of rotatable bonds is 6. The number of benzene rings is 1. The zero-order valence-electron chi connectivity index (χ0n) is 13.8. The van der Waals surface area contributed by atoms with Crippen LogP contribution in [0, 0.1) is 5.82 Å². The molecule has 1 aromatic heterocycles. The fourth-order valence-electron chi connectivity index (χ4n) is 3.00. The lowest BCUT2D eigenvalue weighted by Gasteiger charge is -2.09. The number of nitrogens with one attached hydrogen (secondary N) is 2. The average Bonchev–Trinajstić information content (AvgIpc) is 3.21. The predicted octanol–water partition coefficient (Wildman–Crippen LogP) is 3.98. The molecule has 1 fully saturated rings. The van der Waals surface area contributed by atoms with Gasteiger partial charge >= 0.3 is 0 Å². The number of nitrogens with zero attached hydrogens (tertiary/aromatic N) is 1. The van der Waals surface area contributed by atoms with Gasteiger partial charge < -0.3 is 10.6 Å². The summed E-state index contributed by atoms with van der Waals surface area (Å²) in [6.07, 6.45) is 5.44. The Morgan fingerprint density at radius 1 is 1.38 bits per heavy atom. The Morgan fingerprint density at radius 3 is 2.88 bits per heavy atom. The highest BCUT2D eigenvalue weighted by molar-refractivity contribution is 7.14. The maximum atomic E-state index is 14.2. The second-order valence-corrected chi connectivity index (χ2v) is 7.06. The van der Waals surface area contributed by atoms with E-state index in [0.29, 0.717) is 24.6 Å². The molecule has 1 heterocycles. The lowest BCUT2D eigenvalue weighted by atomic mass is 10.1. The number of halogens is 1. The Hall–Kier alpha value is -1.95. The second-order valence-electron chi connectivity index (χ2n) is 6.20. The van der Waals surface area contributed by atoms with Crippen molar-refractivity contribution in [2.75, 3.05) is 11.9 Å². The molecule has 0 saturated heterocycles. The third kappa shape index (κ3) is 4.32. The smallest absolute Gasteiger partial charge is 0.216 e. The fourth-order valence-corrected chi connectivity index (χ4v) is 3.80. The van der Waals surface area contributed by atoms with Crippen LogP contribution in [0.2, 0.25) is 0 Å². The molecule has 6 heteroatoms. The first kappa shape index (κ1) is 16.9. The summed E-state index contributed by atoms with van der Waals surface area (Å²) in [6.45, 7) is 1.90. The first-order chi connectivity index (χ1) is 11.6. The molecule has 1 aromatic carbocycles. The highest BCUT2D eigenvalue weighted by Gasteiger charge is 2.16. The van der Waals surface area contributed by atoms with Crippen LogP contribution in [0.3, 0.4) is 0 Å². The second kappa shape index (κ2) is 7.75. The molecule has 1 aliphatic rings. The molecule has 0 aliphatic heterocycles. The SMILES string of the molecule is CC(=O)NCCc1ccc(-c2csc(NC3CCCC3)n2)cc1F. The van der Waals surface area contributed by atoms with Gasteiger partial charge in [-0.3, -0.25) is 4.79 Å². The molecular formula is C18H22FN3OS. The molecular weight excluding hydrogens is 325 g/mol. The van der Waals surface area contributed by atoms with E-state index < -0.39 is 0 Å². The molecule has 3 rings (SSSR count). The van der Waals surface area contributed by atoms with Gasteiger partial charge in [0.25, 0.3) is 0 Å². The Kier molecular flexibility index (Phi) is 5.45. The first-order valence-corrected chi connectivity index (χ1v) is 9.25. The minimum absolute atomic E-state index is 0.100. The van der Waals surface area contributed by atoms with Crippen LogP contribution in [-0.4, -0.2) is 23.5 Å². The van der Waals surface area contributed by atoms with Crippen LogP contribution in [0.15, 0.2) is 23.6 Å². The van der Waals surface area contributed by atoms with Gasteiger partial charge in [0.15, 0.2) is 5.13 Å². The maximum absolute atomic E-state index is 14.2. The van der Waals surface area contributed by atoms with E-state index in [1.807, 2.05) is 11.4 Å². The predicted molar refractivity (Wildman–Crippen MR) is 95.8 cm³/mol. The average molecular weight is 347 g/mol. The van der Waals surface area contributed by atoms with Crippen molar-refractivity contribution in [2.24, 2.45) is 0 Å². The normalized spacial score (nSPS) is 14.8. The number of thiazole rings is 1. The Morgan fingerprint density at radius 2 is 2.17 bits per heavy atom.